The van der Waals surface area contributed by atoms with Crippen molar-refractivity contribution >= 4 is 35.7 Å². The number of aromatic nitrogens is 1. The van der Waals surface area contributed by atoms with Gasteiger partial charge in [-0.3, -0.25) is 9.59 Å². The Morgan fingerprint density at radius 1 is 1.12 bits per heavy atom. The highest BCUT2D eigenvalue weighted by Crippen LogP contribution is 2.22. The predicted octanol–water partition coefficient (Wildman–Crippen LogP) is 0.506. The van der Waals surface area contributed by atoms with Crippen molar-refractivity contribution in [2.45, 2.75) is 12.4 Å². The van der Waals surface area contributed by atoms with Crippen LogP contribution in [0.15, 0.2) is 59.3 Å². The number of furan rings is 1. The number of para-hydroxylation sites is 1. The number of carbonyl (C=O) groups excluding carboxylic acids is 2. The van der Waals surface area contributed by atoms with Crippen LogP contribution in [0.1, 0.15) is 5.56 Å². The molecule has 0 fully saturated rings. The standard InChI is InChI=1S/C17H16BN3O5/c22-16(17(23)21-15-7-3-4-8-19-15)20-14(18(24)25)9-11-10-26-13-6-2-1-5-12(11)13/h1-8,10,14,24-25H,9H2,(H,20,22)(H,19,21,23). The second kappa shape index (κ2) is 7.81. The van der Waals surface area contributed by atoms with E-state index in [0.717, 1.165) is 5.39 Å². The largest absolute Gasteiger partial charge is 0.475 e. The monoisotopic (exact) mass is 353 g/mol. The Morgan fingerprint density at radius 3 is 2.62 bits per heavy atom. The lowest BCUT2D eigenvalue weighted by molar-refractivity contribution is -0.136. The number of hydrogen-bond acceptors (Lipinski definition) is 6. The van der Waals surface area contributed by atoms with Gasteiger partial charge in [0.1, 0.15) is 11.4 Å². The number of pyridine rings is 1. The van der Waals surface area contributed by atoms with Gasteiger partial charge >= 0.3 is 18.9 Å². The summed E-state index contributed by atoms with van der Waals surface area (Å²) in [5.41, 5.74) is 1.33. The van der Waals surface area contributed by atoms with E-state index in [1.807, 2.05) is 18.2 Å². The van der Waals surface area contributed by atoms with Crippen LogP contribution in [-0.2, 0) is 16.0 Å². The van der Waals surface area contributed by atoms with Gasteiger partial charge in [-0.15, -0.1) is 0 Å². The number of benzene rings is 1. The van der Waals surface area contributed by atoms with Gasteiger partial charge in [0, 0.05) is 11.6 Å². The van der Waals surface area contributed by atoms with E-state index < -0.39 is 24.9 Å². The minimum atomic E-state index is -1.85. The molecule has 0 spiro atoms. The van der Waals surface area contributed by atoms with Gasteiger partial charge in [0.25, 0.3) is 0 Å². The first-order chi connectivity index (χ1) is 12.5. The number of anilines is 1. The van der Waals surface area contributed by atoms with Gasteiger partial charge in [0.15, 0.2) is 0 Å². The molecule has 2 amide bonds. The SMILES string of the molecule is O=C(Nc1ccccn1)C(=O)NC(Cc1coc2ccccc12)B(O)O. The summed E-state index contributed by atoms with van der Waals surface area (Å²) < 4.78 is 5.40. The maximum absolute atomic E-state index is 12.1. The van der Waals surface area contributed by atoms with Gasteiger partial charge in [-0.05, 0) is 30.2 Å². The van der Waals surface area contributed by atoms with Crippen LogP contribution in [0.25, 0.3) is 11.0 Å². The van der Waals surface area contributed by atoms with Crippen molar-refractivity contribution in [3.63, 3.8) is 0 Å². The van der Waals surface area contributed by atoms with Crippen molar-refractivity contribution in [1.29, 1.82) is 0 Å². The number of hydrogen-bond donors (Lipinski definition) is 4. The number of carbonyl (C=O) groups is 2. The number of nitrogens with zero attached hydrogens (tertiary/aromatic N) is 1. The molecule has 3 aromatic rings. The van der Waals surface area contributed by atoms with Crippen molar-refractivity contribution in [3.8, 4) is 0 Å². The third kappa shape index (κ3) is 4.08. The summed E-state index contributed by atoms with van der Waals surface area (Å²) in [6, 6.07) is 12.1. The lowest BCUT2D eigenvalue weighted by atomic mass is 9.76. The van der Waals surface area contributed by atoms with E-state index in [0.29, 0.717) is 11.1 Å². The Kier molecular flexibility index (Phi) is 5.30. The van der Waals surface area contributed by atoms with Crippen molar-refractivity contribution in [3.05, 3.63) is 60.5 Å². The summed E-state index contributed by atoms with van der Waals surface area (Å²) in [4.78, 5) is 27.9. The van der Waals surface area contributed by atoms with E-state index in [2.05, 4.69) is 15.6 Å². The summed E-state index contributed by atoms with van der Waals surface area (Å²) >= 11 is 0. The molecule has 1 aromatic carbocycles. The Morgan fingerprint density at radius 2 is 1.88 bits per heavy atom. The smallest absolute Gasteiger partial charge is 0.464 e. The molecule has 26 heavy (non-hydrogen) atoms. The van der Waals surface area contributed by atoms with Crippen LogP contribution in [0.3, 0.4) is 0 Å². The summed E-state index contributed by atoms with van der Waals surface area (Å²) in [5, 5.41) is 24.6. The van der Waals surface area contributed by atoms with Crippen molar-refractivity contribution in [1.82, 2.24) is 10.3 Å². The topological polar surface area (TPSA) is 125 Å². The average molecular weight is 353 g/mol. The Bertz CT molecular complexity index is 913. The molecule has 0 aliphatic rings. The summed E-state index contributed by atoms with van der Waals surface area (Å²) in [5.74, 6) is -2.82. The van der Waals surface area contributed by atoms with Crippen LogP contribution in [0, 0.1) is 0 Å². The summed E-state index contributed by atoms with van der Waals surface area (Å²) in [6.45, 7) is 0. The highest BCUT2D eigenvalue weighted by molar-refractivity contribution is 6.46. The van der Waals surface area contributed by atoms with Gasteiger partial charge in [-0.2, -0.15) is 0 Å². The van der Waals surface area contributed by atoms with Crippen LogP contribution in [0.2, 0.25) is 0 Å². The first-order valence-electron chi connectivity index (χ1n) is 7.88. The molecule has 9 heteroatoms. The second-order valence-corrected chi connectivity index (χ2v) is 5.62. The first kappa shape index (κ1) is 17.7. The molecule has 0 saturated carbocycles. The molecule has 0 bridgehead atoms. The fourth-order valence-corrected chi connectivity index (χ4v) is 2.50. The third-order valence-electron chi connectivity index (χ3n) is 3.79. The molecule has 0 saturated heterocycles. The lowest BCUT2D eigenvalue weighted by Gasteiger charge is -2.17. The normalized spacial score (nSPS) is 11.8. The number of rotatable bonds is 5. The predicted molar refractivity (Wildman–Crippen MR) is 94.9 cm³/mol. The number of nitrogens with one attached hydrogen (secondary N) is 2. The van der Waals surface area contributed by atoms with Crippen LogP contribution in [-0.4, -0.2) is 39.9 Å². The molecule has 2 aromatic heterocycles. The molecule has 1 atom stereocenters. The van der Waals surface area contributed by atoms with E-state index in [9.17, 15) is 19.6 Å². The Balaban J connectivity index is 1.68. The van der Waals surface area contributed by atoms with Crippen LogP contribution < -0.4 is 10.6 Å². The minimum Gasteiger partial charge on any atom is -0.464 e. The molecule has 3 rings (SSSR count). The van der Waals surface area contributed by atoms with Crippen molar-refractivity contribution in [2.24, 2.45) is 0 Å². The summed E-state index contributed by atoms with van der Waals surface area (Å²) in [7, 11) is -1.85. The molecule has 4 N–H and O–H groups in total. The first-order valence-corrected chi connectivity index (χ1v) is 7.88. The minimum absolute atomic E-state index is 0.0806. The van der Waals surface area contributed by atoms with Crippen molar-refractivity contribution in [2.75, 3.05) is 5.32 Å². The van der Waals surface area contributed by atoms with E-state index in [-0.39, 0.29) is 12.2 Å². The molecule has 1 unspecified atom stereocenters. The fourth-order valence-electron chi connectivity index (χ4n) is 2.50. The zero-order chi connectivity index (χ0) is 18.5. The van der Waals surface area contributed by atoms with Crippen LogP contribution in [0.4, 0.5) is 5.82 Å². The Hall–Kier alpha value is -3.17. The molecule has 2 heterocycles. The van der Waals surface area contributed by atoms with Crippen LogP contribution >= 0.6 is 0 Å². The number of amides is 2. The zero-order valence-electron chi connectivity index (χ0n) is 13.6. The molecule has 132 valence electrons. The van der Waals surface area contributed by atoms with Crippen molar-refractivity contribution < 1.29 is 24.1 Å². The second-order valence-electron chi connectivity index (χ2n) is 5.62. The average Bonchev–Trinajstić information content (AvgIpc) is 3.05. The third-order valence-corrected chi connectivity index (χ3v) is 3.79. The highest BCUT2D eigenvalue weighted by Gasteiger charge is 2.29. The zero-order valence-corrected chi connectivity index (χ0v) is 13.6. The molecular formula is C17H16BN3O5. The summed E-state index contributed by atoms with van der Waals surface area (Å²) in [6.07, 6.45) is 3.04. The van der Waals surface area contributed by atoms with E-state index in [1.165, 1.54) is 18.5 Å². The molecule has 0 aliphatic carbocycles. The van der Waals surface area contributed by atoms with E-state index >= 15 is 0 Å². The van der Waals surface area contributed by atoms with Crippen LogP contribution in [0.5, 0.6) is 0 Å². The van der Waals surface area contributed by atoms with Gasteiger partial charge in [0.2, 0.25) is 0 Å². The molecule has 0 aliphatic heterocycles. The molecule has 0 radical (unpaired) electrons. The van der Waals surface area contributed by atoms with E-state index in [4.69, 9.17) is 4.42 Å². The van der Waals surface area contributed by atoms with Gasteiger partial charge in [-0.25, -0.2) is 4.98 Å². The lowest BCUT2D eigenvalue weighted by Crippen LogP contribution is -2.51. The van der Waals surface area contributed by atoms with Gasteiger partial charge in [-0.1, -0.05) is 24.3 Å². The molecule has 8 nitrogen and oxygen atoms in total. The molecular weight excluding hydrogens is 337 g/mol. The maximum atomic E-state index is 12.1. The van der Waals surface area contributed by atoms with Gasteiger partial charge < -0.3 is 25.1 Å². The maximum Gasteiger partial charge on any atom is 0.475 e. The fraction of sp³-hybridized carbons (Fsp3) is 0.118. The highest BCUT2D eigenvalue weighted by atomic mass is 16.4. The number of fused-ring (bicyclic) bond motifs is 1. The van der Waals surface area contributed by atoms with Gasteiger partial charge in [0.05, 0.1) is 12.2 Å². The Labute approximate surface area is 149 Å². The van der Waals surface area contributed by atoms with E-state index in [1.54, 1.807) is 18.2 Å². The quantitative estimate of drug-likeness (QED) is 0.391.